The van der Waals surface area contributed by atoms with E-state index < -0.39 is 24.2 Å². The average molecular weight is 574 g/mol. The third-order valence-corrected chi connectivity index (χ3v) is 7.41. The highest BCUT2D eigenvalue weighted by molar-refractivity contribution is 5.92. The highest BCUT2D eigenvalue weighted by Crippen LogP contribution is 2.35. The van der Waals surface area contributed by atoms with Crippen molar-refractivity contribution >= 4 is 28.8 Å². The minimum atomic E-state index is -2.67. The quantitative estimate of drug-likeness (QED) is 0.287. The minimum Gasteiger partial charge on any atom is -0.350 e. The number of benzene rings is 1. The molecule has 4 heterocycles. The van der Waals surface area contributed by atoms with Crippen LogP contribution in [-0.2, 0) is 4.79 Å². The van der Waals surface area contributed by atoms with Crippen molar-refractivity contribution < 1.29 is 17.7 Å². The number of fused-ring (bicyclic) bond motifs is 1. The largest absolute Gasteiger partial charge is 0.355 e. The minimum absolute atomic E-state index is 0.0430. The Hall–Kier alpha value is -4.73. The highest BCUT2D eigenvalue weighted by atomic mass is 19.1. The van der Waals surface area contributed by atoms with Crippen molar-refractivity contribution in [2.45, 2.75) is 39.6 Å². The third-order valence-electron chi connectivity index (χ3n) is 7.41. The van der Waals surface area contributed by atoms with Crippen molar-refractivity contribution in [3.8, 4) is 16.9 Å². The van der Waals surface area contributed by atoms with Gasteiger partial charge in [0.15, 0.2) is 11.5 Å². The normalized spacial score (nSPS) is 16.7. The van der Waals surface area contributed by atoms with Crippen LogP contribution in [0.15, 0.2) is 60.6 Å². The molecule has 0 aliphatic carbocycles. The Kier molecular flexibility index (Phi) is 6.71. The Balaban J connectivity index is 1.90. The molecule has 0 radical (unpaired) electrons. The van der Waals surface area contributed by atoms with Gasteiger partial charge in [-0.25, -0.2) is 23.1 Å². The number of rotatable bonds is 6. The number of nitrogens with zero attached hydrogens (tertiary/aromatic N) is 6. The predicted octanol–water partition coefficient (Wildman–Crippen LogP) is 5.42. The van der Waals surface area contributed by atoms with Crippen molar-refractivity contribution in [2.75, 3.05) is 24.5 Å². The highest BCUT2D eigenvalue weighted by Gasteiger charge is 2.31. The zero-order valence-electron chi connectivity index (χ0n) is 26.6. The molecular weight excluding hydrogens is 538 g/mol. The number of hydrogen-bond donors (Lipinski definition) is 0. The van der Waals surface area contributed by atoms with Gasteiger partial charge in [-0.2, -0.15) is 4.98 Å². The van der Waals surface area contributed by atoms with E-state index in [1.807, 2.05) is 6.92 Å². The van der Waals surface area contributed by atoms with Gasteiger partial charge in [-0.3, -0.25) is 9.78 Å². The fourth-order valence-electron chi connectivity index (χ4n) is 5.39. The van der Waals surface area contributed by atoms with Crippen LogP contribution < -0.4 is 10.6 Å². The van der Waals surface area contributed by atoms with Crippen molar-refractivity contribution in [1.29, 1.82) is 0 Å². The molecule has 0 unspecified atom stereocenters. The van der Waals surface area contributed by atoms with E-state index in [0.29, 0.717) is 0 Å². The number of anilines is 1. The maximum atomic E-state index is 16.1. The van der Waals surface area contributed by atoms with Crippen LogP contribution >= 0.6 is 0 Å². The molecule has 4 aromatic rings. The third kappa shape index (κ3) is 4.87. The molecule has 3 aromatic heterocycles. The summed E-state index contributed by atoms with van der Waals surface area (Å²) < 4.78 is 57.2. The van der Waals surface area contributed by atoms with Gasteiger partial charge in [0.25, 0.3) is 0 Å². The summed E-state index contributed by atoms with van der Waals surface area (Å²) in [6.45, 7) is 10.8. The van der Waals surface area contributed by atoms with Gasteiger partial charge < -0.3 is 9.80 Å². The molecule has 10 heteroatoms. The number of carbonyl (C=O) groups is 1. The Morgan fingerprint density at radius 3 is 2.62 bits per heavy atom. The summed E-state index contributed by atoms with van der Waals surface area (Å²) in [7, 11) is 0. The summed E-state index contributed by atoms with van der Waals surface area (Å²) in [4.78, 5) is 43.1. The van der Waals surface area contributed by atoms with E-state index in [9.17, 15) is 9.59 Å². The molecule has 8 nitrogen and oxygen atoms in total. The molecule has 1 aliphatic heterocycles. The maximum absolute atomic E-state index is 16.1. The molecule has 0 saturated carbocycles. The molecule has 1 saturated heterocycles. The first kappa shape index (κ1) is 25.0. The summed E-state index contributed by atoms with van der Waals surface area (Å²) in [6.07, 6.45) is 3.95. The van der Waals surface area contributed by atoms with Crippen LogP contribution in [0.4, 0.5) is 14.6 Å². The fraction of sp³-hybridized carbons (Fsp3) is 0.281. The van der Waals surface area contributed by atoms with Crippen LogP contribution in [0.2, 0.25) is 0 Å². The molecule has 0 bridgehead atoms. The van der Waals surface area contributed by atoms with Crippen molar-refractivity contribution in [3.05, 3.63) is 94.7 Å². The second kappa shape index (κ2) is 11.3. The van der Waals surface area contributed by atoms with Gasteiger partial charge in [-0.1, -0.05) is 45.2 Å². The first-order valence-electron chi connectivity index (χ1n) is 15.0. The number of pyridine rings is 2. The van der Waals surface area contributed by atoms with E-state index in [2.05, 4.69) is 28.1 Å². The van der Waals surface area contributed by atoms with E-state index in [-0.39, 0.29) is 88.1 Å². The van der Waals surface area contributed by atoms with Gasteiger partial charge in [0, 0.05) is 41.5 Å². The van der Waals surface area contributed by atoms with Crippen LogP contribution in [-0.4, -0.2) is 56.0 Å². The molecule has 5 rings (SSSR count). The molecule has 1 fully saturated rings. The van der Waals surface area contributed by atoms with Crippen LogP contribution in [0.3, 0.4) is 0 Å². The lowest BCUT2D eigenvalue weighted by molar-refractivity contribution is -0.126. The first-order chi connectivity index (χ1) is 21.3. The zero-order valence-corrected chi connectivity index (χ0v) is 23.6. The molecule has 216 valence electrons. The molecule has 1 aliphatic rings. The number of hydrogen-bond acceptors (Lipinski definition) is 6. The fourth-order valence-corrected chi connectivity index (χ4v) is 5.39. The summed E-state index contributed by atoms with van der Waals surface area (Å²) in [5, 5.41) is 0.0951. The average Bonchev–Trinajstić information content (AvgIpc) is 2.99. The Morgan fingerprint density at radius 2 is 1.95 bits per heavy atom. The van der Waals surface area contributed by atoms with Gasteiger partial charge >= 0.3 is 5.69 Å². The van der Waals surface area contributed by atoms with E-state index in [1.165, 1.54) is 30.5 Å². The van der Waals surface area contributed by atoms with Gasteiger partial charge in [0.1, 0.15) is 17.3 Å². The lowest BCUT2D eigenvalue weighted by atomic mass is 10.0. The summed E-state index contributed by atoms with van der Waals surface area (Å²) >= 11 is 0. The monoisotopic (exact) mass is 573 g/mol. The topological polar surface area (TPSA) is 84.2 Å². The summed E-state index contributed by atoms with van der Waals surface area (Å²) in [6, 6.07) is 6.25. The first-order valence-corrected chi connectivity index (χ1v) is 13.5. The van der Waals surface area contributed by atoms with Crippen molar-refractivity contribution in [3.63, 3.8) is 0 Å². The van der Waals surface area contributed by atoms with Crippen molar-refractivity contribution in [1.82, 2.24) is 24.4 Å². The van der Waals surface area contributed by atoms with Gasteiger partial charge in [0.05, 0.1) is 16.8 Å². The standard InChI is InChI=1S/C32H32F2N6O2/c1-7-21-10-9-11-23(33)26(21)28-24(34)16-22-30(39-15-14-38(17-20(39)6)25(41)8-2)37-32(42)40(31(22)36-28)29-19(5)12-13-35-27(29)18(3)4/h7-13,16,18,20H,1-2,14-15,17H2,3-6H3/t20-/m0/s1/i5D3. The molecule has 1 amide bonds. The smallest absolute Gasteiger partial charge is 0.350 e. The second-order valence-electron chi connectivity index (χ2n) is 10.4. The molecule has 1 aromatic carbocycles. The number of carbonyl (C=O) groups excluding carboxylic acids is 1. The lowest BCUT2D eigenvalue weighted by Gasteiger charge is -2.40. The molecule has 0 spiro atoms. The van der Waals surface area contributed by atoms with Crippen LogP contribution in [0, 0.1) is 18.5 Å². The van der Waals surface area contributed by atoms with Gasteiger partial charge in [0.2, 0.25) is 5.91 Å². The lowest BCUT2D eigenvalue weighted by Crippen LogP contribution is -2.54. The van der Waals surface area contributed by atoms with Crippen molar-refractivity contribution in [2.24, 2.45) is 0 Å². The number of amides is 1. The summed E-state index contributed by atoms with van der Waals surface area (Å²) in [5.74, 6) is -2.12. The summed E-state index contributed by atoms with van der Waals surface area (Å²) in [5.41, 5.74) is -1.21. The van der Waals surface area contributed by atoms with Crippen LogP contribution in [0.25, 0.3) is 34.1 Å². The Morgan fingerprint density at radius 1 is 1.17 bits per heavy atom. The van der Waals surface area contributed by atoms with Crippen LogP contribution in [0.1, 0.15) is 47.6 Å². The van der Waals surface area contributed by atoms with E-state index >= 15 is 8.78 Å². The van der Waals surface area contributed by atoms with Gasteiger partial charge in [-0.05, 0) is 55.1 Å². The second-order valence-corrected chi connectivity index (χ2v) is 10.4. The zero-order chi connectivity index (χ0) is 32.8. The number of piperazine rings is 1. The predicted molar refractivity (Wildman–Crippen MR) is 161 cm³/mol. The number of aromatic nitrogens is 4. The van der Waals surface area contributed by atoms with Crippen LogP contribution in [0.5, 0.6) is 0 Å². The molecular formula is C32H32F2N6O2. The molecule has 42 heavy (non-hydrogen) atoms. The SMILES string of the molecule is [2H]C([2H])([2H])c1ccnc(C(C)C)c1-n1c(=O)nc(N2CCN(C(=O)C=C)C[C@@H]2C)c2cc(F)c(-c3c(F)cccc3C=C)nc21. The van der Waals surface area contributed by atoms with E-state index in [1.54, 1.807) is 29.7 Å². The Bertz CT molecular complexity index is 1910. The van der Waals surface area contributed by atoms with E-state index in [4.69, 9.17) is 4.11 Å². The van der Waals surface area contributed by atoms with E-state index in [0.717, 1.165) is 16.7 Å². The molecule has 0 N–H and O–H groups in total. The number of halogens is 2. The van der Waals surface area contributed by atoms with Gasteiger partial charge in [-0.15, -0.1) is 0 Å². The maximum Gasteiger partial charge on any atom is 0.355 e. The number of aryl methyl sites for hydroxylation is 1. The Labute approximate surface area is 246 Å². The molecule has 1 atom stereocenters.